The molecule has 3 unspecified atom stereocenters. The van der Waals surface area contributed by atoms with Gasteiger partial charge in [-0.05, 0) is 36.8 Å². The molecule has 1 aliphatic carbocycles. The van der Waals surface area contributed by atoms with E-state index in [2.05, 4.69) is 44.5 Å². The van der Waals surface area contributed by atoms with Crippen molar-refractivity contribution in [3.8, 4) is 0 Å². The summed E-state index contributed by atoms with van der Waals surface area (Å²) in [6.45, 7) is 9.94. The van der Waals surface area contributed by atoms with Gasteiger partial charge in [-0.25, -0.2) is 0 Å². The number of rotatable bonds is 4. The number of thiophene rings is 1. The van der Waals surface area contributed by atoms with Crippen LogP contribution in [0.2, 0.25) is 0 Å². The lowest BCUT2D eigenvalue weighted by atomic mass is 9.64. The van der Waals surface area contributed by atoms with Crippen LogP contribution in [0.1, 0.15) is 52.1 Å². The van der Waals surface area contributed by atoms with Crippen molar-refractivity contribution < 1.29 is 4.74 Å². The highest BCUT2D eigenvalue weighted by Crippen LogP contribution is 2.48. The molecule has 1 aromatic rings. The van der Waals surface area contributed by atoms with E-state index in [-0.39, 0.29) is 5.41 Å². The molecule has 4 atom stereocenters. The summed E-state index contributed by atoms with van der Waals surface area (Å²) in [5.74, 6) is 0. The number of thioether (sulfide) groups is 1. The average molecular weight is 312 g/mol. The molecule has 0 aromatic carbocycles. The quantitative estimate of drug-likeness (QED) is 0.886. The predicted molar refractivity (Wildman–Crippen MR) is 87.7 cm³/mol. The molecule has 4 heteroatoms. The van der Waals surface area contributed by atoms with Gasteiger partial charge in [0.25, 0.3) is 0 Å². The molecule has 3 rings (SSSR count). The van der Waals surface area contributed by atoms with Crippen molar-refractivity contribution in [3.05, 3.63) is 17.0 Å². The van der Waals surface area contributed by atoms with Gasteiger partial charge in [0, 0.05) is 29.4 Å². The smallest absolute Gasteiger partial charge is 0.0655 e. The van der Waals surface area contributed by atoms with Crippen molar-refractivity contribution in [2.45, 2.75) is 68.2 Å². The van der Waals surface area contributed by atoms with E-state index in [0.29, 0.717) is 23.4 Å². The third-order valence-corrected chi connectivity index (χ3v) is 7.20. The fourth-order valence-electron chi connectivity index (χ4n) is 3.40. The Morgan fingerprint density at radius 3 is 2.90 bits per heavy atom. The first-order chi connectivity index (χ1) is 9.52. The van der Waals surface area contributed by atoms with Crippen molar-refractivity contribution in [1.29, 1.82) is 0 Å². The number of nitrogens with one attached hydrogen (secondary N) is 1. The van der Waals surface area contributed by atoms with E-state index >= 15 is 0 Å². The summed E-state index contributed by atoms with van der Waals surface area (Å²) in [5, 5.41) is 6.87. The zero-order valence-corrected chi connectivity index (χ0v) is 14.4. The molecule has 1 fully saturated rings. The highest BCUT2D eigenvalue weighted by molar-refractivity contribution is 8.01. The summed E-state index contributed by atoms with van der Waals surface area (Å²) in [6, 6.07) is 3.41. The first kappa shape index (κ1) is 14.9. The normalized spacial score (nSPS) is 35.4. The summed E-state index contributed by atoms with van der Waals surface area (Å²) in [5.41, 5.74) is 1.77. The van der Waals surface area contributed by atoms with Crippen LogP contribution < -0.4 is 5.32 Å². The molecule has 1 aliphatic heterocycles. The Morgan fingerprint density at radius 1 is 1.40 bits per heavy atom. The molecule has 0 bridgehead atoms. The van der Waals surface area contributed by atoms with Gasteiger partial charge in [0.15, 0.2) is 0 Å². The van der Waals surface area contributed by atoms with Crippen LogP contribution in [0.4, 0.5) is 0 Å². The zero-order chi connectivity index (χ0) is 14.3. The summed E-state index contributed by atoms with van der Waals surface area (Å²) in [4.78, 5) is 0. The van der Waals surface area contributed by atoms with Crippen LogP contribution in [-0.2, 0) is 4.74 Å². The molecule has 20 heavy (non-hydrogen) atoms. The number of hydrogen-bond donors (Lipinski definition) is 1. The van der Waals surface area contributed by atoms with Crippen LogP contribution in [0.5, 0.6) is 0 Å². The Bertz CT molecular complexity index is 471. The molecule has 2 aliphatic rings. The number of fused-ring (bicyclic) bond motifs is 1. The van der Waals surface area contributed by atoms with Crippen LogP contribution in [0, 0.1) is 5.41 Å². The lowest BCUT2D eigenvalue weighted by Crippen LogP contribution is -2.61. The van der Waals surface area contributed by atoms with Crippen molar-refractivity contribution in [1.82, 2.24) is 5.32 Å². The van der Waals surface area contributed by atoms with Crippen LogP contribution in [0.25, 0.3) is 0 Å². The van der Waals surface area contributed by atoms with Crippen molar-refractivity contribution in [2.24, 2.45) is 5.41 Å². The molecule has 0 spiro atoms. The van der Waals surface area contributed by atoms with Gasteiger partial charge in [0.05, 0.1) is 10.3 Å². The summed E-state index contributed by atoms with van der Waals surface area (Å²) < 4.78 is 7.36. The highest BCUT2D eigenvalue weighted by Gasteiger charge is 2.49. The molecule has 0 radical (unpaired) electrons. The molecule has 1 saturated carbocycles. The van der Waals surface area contributed by atoms with Crippen LogP contribution >= 0.6 is 23.1 Å². The maximum atomic E-state index is 5.85. The van der Waals surface area contributed by atoms with E-state index in [4.69, 9.17) is 4.74 Å². The minimum Gasteiger partial charge on any atom is -0.378 e. The first-order valence-electron chi connectivity index (χ1n) is 7.64. The molecule has 0 amide bonds. The van der Waals surface area contributed by atoms with Crippen molar-refractivity contribution >= 4 is 23.1 Å². The van der Waals surface area contributed by atoms with Gasteiger partial charge in [-0.15, -0.1) is 23.1 Å². The molecular formula is C16H25NOS2. The van der Waals surface area contributed by atoms with E-state index in [0.717, 1.165) is 13.0 Å². The largest absolute Gasteiger partial charge is 0.378 e. The number of ether oxygens (including phenoxy) is 1. The maximum absolute atomic E-state index is 5.85. The monoisotopic (exact) mass is 311 g/mol. The Hall–Kier alpha value is -0.0300. The Balaban J connectivity index is 1.68. The van der Waals surface area contributed by atoms with Crippen LogP contribution in [0.3, 0.4) is 0 Å². The topological polar surface area (TPSA) is 21.3 Å². The van der Waals surface area contributed by atoms with Crippen LogP contribution in [0.15, 0.2) is 15.7 Å². The van der Waals surface area contributed by atoms with E-state index in [1.54, 1.807) is 0 Å². The minimum atomic E-state index is 0.250. The fraction of sp³-hybridized carbons (Fsp3) is 0.750. The maximum Gasteiger partial charge on any atom is 0.0655 e. The molecule has 112 valence electrons. The van der Waals surface area contributed by atoms with Crippen molar-refractivity contribution in [3.63, 3.8) is 0 Å². The average Bonchev–Trinajstić information content (AvgIpc) is 2.85. The molecule has 2 nitrogen and oxygen atoms in total. The summed E-state index contributed by atoms with van der Waals surface area (Å²) in [7, 11) is 0. The molecule has 1 N–H and O–H groups in total. The van der Waals surface area contributed by atoms with E-state index < -0.39 is 0 Å². The van der Waals surface area contributed by atoms with Crippen LogP contribution in [-0.4, -0.2) is 24.0 Å². The molecule has 0 saturated heterocycles. The van der Waals surface area contributed by atoms with Gasteiger partial charge in [-0.3, -0.25) is 0 Å². The Kier molecular flexibility index (Phi) is 4.20. The van der Waals surface area contributed by atoms with Gasteiger partial charge < -0.3 is 10.1 Å². The van der Waals surface area contributed by atoms with Gasteiger partial charge in [-0.1, -0.05) is 20.8 Å². The summed E-state index contributed by atoms with van der Waals surface area (Å²) >= 11 is 3.93. The van der Waals surface area contributed by atoms with Gasteiger partial charge in [0.1, 0.15) is 0 Å². The molecular weight excluding hydrogens is 286 g/mol. The number of hydrogen-bond acceptors (Lipinski definition) is 4. The van der Waals surface area contributed by atoms with E-state index in [9.17, 15) is 0 Å². The summed E-state index contributed by atoms with van der Waals surface area (Å²) in [6.07, 6.45) is 2.81. The minimum absolute atomic E-state index is 0.250. The second-order valence-electron chi connectivity index (χ2n) is 6.60. The predicted octanol–water partition coefficient (Wildman–Crippen LogP) is 4.47. The molecule has 1 aromatic heterocycles. The van der Waals surface area contributed by atoms with Gasteiger partial charge >= 0.3 is 0 Å². The molecule has 2 heterocycles. The second kappa shape index (κ2) is 5.64. The SMILES string of the molecule is CCOC1CC(NC2C[C@H](C)Sc3sccc32)C1(C)C. The third-order valence-electron chi connectivity index (χ3n) is 4.86. The standard InChI is InChI=1S/C16H25NOS2/c1-5-18-14-9-13(16(14,3)4)17-12-8-10(2)20-15-11(12)6-7-19-15/h6-7,10,12-14,17H,5,8-9H2,1-4H3/t10-,12?,13?,14?/m0/s1. The van der Waals surface area contributed by atoms with E-state index in [1.165, 1.54) is 16.2 Å². The lowest BCUT2D eigenvalue weighted by Gasteiger charge is -2.53. The Labute approximate surface area is 130 Å². The Morgan fingerprint density at radius 2 is 2.20 bits per heavy atom. The first-order valence-corrected chi connectivity index (χ1v) is 9.40. The zero-order valence-electron chi connectivity index (χ0n) is 12.8. The van der Waals surface area contributed by atoms with Gasteiger partial charge in [-0.2, -0.15) is 0 Å². The highest BCUT2D eigenvalue weighted by atomic mass is 32.2. The van der Waals surface area contributed by atoms with E-state index in [1.807, 2.05) is 23.1 Å². The lowest BCUT2D eigenvalue weighted by molar-refractivity contribution is -0.116. The fourth-order valence-corrected chi connectivity index (χ4v) is 5.97. The van der Waals surface area contributed by atoms with Crippen molar-refractivity contribution in [2.75, 3.05) is 6.61 Å². The van der Waals surface area contributed by atoms with Gasteiger partial charge in [0.2, 0.25) is 0 Å². The second-order valence-corrected chi connectivity index (χ2v) is 9.22. The third kappa shape index (κ3) is 2.56.